The molecule has 0 atom stereocenters. The van der Waals surface area contributed by atoms with E-state index in [4.69, 9.17) is 20.5 Å². The zero-order chi connectivity index (χ0) is 18.2. The van der Waals surface area contributed by atoms with Crippen molar-refractivity contribution in [2.75, 3.05) is 6.61 Å². The molecular formula is C19H17BrN2O3. The van der Waals surface area contributed by atoms with Gasteiger partial charge in [0.15, 0.2) is 11.5 Å². The van der Waals surface area contributed by atoms with Crippen LogP contribution in [-0.2, 0) is 11.4 Å². The van der Waals surface area contributed by atoms with Crippen molar-refractivity contribution < 1.29 is 14.3 Å². The number of amides is 1. The number of nitrogens with zero attached hydrogens (tertiary/aromatic N) is 1. The van der Waals surface area contributed by atoms with Crippen LogP contribution in [0.1, 0.15) is 18.1 Å². The maximum atomic E-state index is 11.2. The Morgan fingerprint density at radius 2 is 2.00 bits per heavy atom. The van der Waals surface area contributed by atoms with E-state index in [1.165, 1.54) is 6.08 Å². The van der Waals surface area contributed by atoms with Gasteiger partial charge in [0.1, 0.15) is 18.2 Å². The van der Waals surface area contributed by atoms with E-state index in [0.29, 0.717) is 34.7 Å². The summed E-state index contributed by atoms with van der Waals surface area (Å²) in [5.74, 6) is 0.294. The molecule has 1 amide bonds. The quantitative estimate of drug-likeness (QED) is 0.565. The number of ether oxygens (including phenoxy) is 2. The number of carbonyl (C=O) groups excluding carboxylic acids is 1. The van der Waals surface area contributed by atoms with E-state index in [9.17, 15) is 4.79 Å². The molecule has 2 aromatic carbocycles. The van der Waals surface area contributed by atoms with Crippen molar-refractivity contribution in [3.05, 3.63) is 63.6 Å². The summed E-state index contributed by atoms with van der Waals surface area (Å²) in [4.78, 5) is 11.2. The number of hydrogen-bond donors (Lipinski definition) is 1. The minimum absolute atomic E-state index is 0.132. The zero-order valence-corrected chi connectivity index (χ0v) is 15.2. The Morgan fingerprint density at radius 1 is 1.28 bits per heavy atom. The second-order valence-electron chi connectivity index (χ2n) is 5.07. The first-order valence-corrected chi connectivity index (χ1v) is 8.39. The maximum absolute atomic E-state index is 11.2. The van der Waals surface area contributed by atoms with Gasteiger partial charge in [-0.25, -0.2) is 0 Å². The van der Waals surface area contributed by atoms with Gasteiger partial charge in [0.2, 0.25) is 0 Å². The van der Waals surface area contributed by atoms with Gasteiger partial charge in [-0.05, 0) is 52.2 Å². The number of rotatable bonds is 7. The van der Waals surface area contributed by atoms with Gasteiger partial charge in [0.05, 0.1) is 11.1 Å². The fourth-order valence-electron chi connectivity index (χ4n) is 2.13. The summed E-state index contributed by atoms with van der Waals surface area (Å²) >= 11 is 3.46. The molecule has 0 unspecified atom stereocenters. The maximum Gasteiger partial charge on any atom is 0.259 e. The van der Waals surface area contributed by atoms with E-state index >= 15 is 0 Å². The Morgan fingerprint density at radius 3 is 2.60 bits per heavy atom. The van der Waals surface area contributed by atoms with Crippen LogP contribution in [-0.4, -0.2) is 12.5 Å². The predicted molar refractivity (Wildman–Crippen MR) is 98.9 cm³/mol. The fourth-order valence-corrected chi connectivity index (χ4v) is 2.70. The first-order valence-electron chi connectivity index (χ1n) is 7.59. The van der Waals surface area contributed by atoms with E-state index < -0.39 is 5.91 Å². The number of hydrogen-bond acceptors (Lipinski definition) is 4. The molecule has 2 aromatic rings. The lowest BCUT2D eigenvalue weighted by Crippen LogP contribution is -2.12. The van der Waals surface area contributed by atoms with Crippen molar-refractivity contribution >= 4 is 27.9 Å². The average Bonchev–Trinajstić information content (AvgIpc) is 2.60. The highest BCUT2D eigenvalue weighted by Crippen LogP contribution is 2.38. The van der Waals surface area contributed by atoms with Crippen LogP contribution < -0.4 is 15.2 Å². The number of benzene rings is 2. The lowest BCUT2D eigenvalue weighted by Gasteiger charge is -2.15. The Bertz CT molecular complexity index is 827. The van der Waals surface area contributed by atoms with E-state index in [2.05, 4.69) is 15.9 Å². The number of nitriles is 1. The highest BCUT2D eigenvalue weighted by atomic mass is 79.9. The van der Waals surface area contributed by atoms with Gasteiger partial charge in [-0.2, -0.15) is 5.26 Å². The molecule has 0 aliphatic heterocycles. The SMILES string of the molecule is CCOc1cc(C=C(C#N)C(N)=O)cc(Br)c1OCc1ccccc1. The first-order chi connectivity index (χ1) is 12.0. The molecule has 6 heteroatoms. The molecule has 0 spiro atoms. The average molecular weight is 401 g/mol. The van der Waals surface area contributed by atoms with Gasteiger partial charge in [0, 0.05) is 0 Å². The number of primary amides is 1. The number of halogens is 1. The van der Waals surface area contributed by atoms with Gasteiger partial charge in [0.25, 0.3) is 5.91 Å². The molecule has 0 heterocycles. The molecule has 0 aromatic heterocycles. The lowest BCUT2D eigenvalue weighted by atomic mass is 10.1. The Labute approximate surface area is 154 Å². The van der Waals surface area contributed by atoms with E-state index in [1.54, 1.807) is 18.2 Å². The van der Waals surface area contributed by atoms with Crippen molar-refractivity contribution in [1.82, 2.24) is 0 Å². The van der Waals surface area contributed by atoms with Crippen LogP contribution in [0.3, 0.4) is 0 Å². The second kappa shape index (κ2) is 8.90. The van der Waals surface area contributed by atoms with E-state index in [1.807, 2.05) is 37.3 Å². The molecular weight excluding hydrogens is 384 g/mol. The van der Waals surface area contributed by atoms with Crippen molar-refractivity contribution in [3.8, 4) is 17.6 Å². The third-order valence-corrected chi connectivity index (χ3v) is 3.84. The van der Waals surface area contributed by atoms with Crippen LogP contribution in [0.2, 0.25) is 0 Å². The molecule has 0 saturated heterocycles. The number of carbonyl (C=O) groups is 1. The highest BCUT2D eigenvalue weighted by Gasteiger charge is 2.13. The third kappa shape index (κ3) is 5.10. The van der Waals surface area contributed by atoms with Gasteiger partial charge in [-0.1, -0.05) is 30.3 Å². The fraction of sp³-hybridized carbons (Fsp3) is 0.158. The molecule has 0 fully saturated rings. The standard InChI is InChI=1S/C19H17BrN2O3/c1-2-24-17-10-14(8-15(11-21)19(22)23)9-16(20)18(17)25-12-13-6-4-3-5-7-13/h3-10H,2,12H2,1H3,(H2,22,23). The molecule has 0 aliphatic rings. The third-order valence-electron chi connectivity index (χ3n) is 3.25. The molecule has 0 bridgehead atoms. The minimum Gasteiger partial charge on any atom is -0.490 e. The van der Waals surface area contributed by atoms with Crippen LogP contribution in [0.25, 0.3) is 6.08 Å². The van der Waals surface area contributed by atoms with Gasteiger partial charge < -0.3 is 15.2 Å². The molecule has 5 nitrogen and oxygen atoms in total. The normalized spacial score (nSPS) is 10.8. The zero-order valence-electron chi connectivity index (χ0n) is 13.7. The molecule has 2 N–H and O–H groups in total. The van der Waals surface area contributed by atoms with Crippen LogP contribution in [0.4, 0.5) is 0 Å². The van der Waals surface area contributed by atoms with Gasteiger partial charge >= 0.3 is 0 Å². The highest BCUT2D eigenvalue weighted by molar-refractivity contribution is 9.10. The summed E-state index contributed by atoms with van der Waals surface area (Å²) < 4.78 is 12.2. The van der Waals surface area contributed by atoms with Crippen molar-refractivity contribution in [1.29, 1.82) is 5.26 Å². The van der Waals surface area contributed by atoms with Gasteiger partial charge in [-0.15, -0.1) is 0 Å². The second-order valence-corrected chi connectivity index (χ2v) is 5.93. The largest absolute Gasteiger partial charge is 0.490 e. The monoisotopic (exact) mass is 400 g/mol. The van der Waals surface area contributed by atoms with Crippen molar-refractivity contribution in [2.24, 2.45) is 5.73 Å². The van der Waals surface area contributed by atoms with Crippen LogP contribution in [0.15, 0.2) is 52.5 Å². The van der Waals surface area contributed by atoms with Crippen LogP contribution in [0.5, 0.6) is 11.5 Å². The van der Waals surface area contributed by atoms with Crippen LogP contribution in [0, 0.1) is 11.3 Å². The Balaban J connectivity index is 2.34. The summed E-state index contributed by atoms with van der Waals surface area (Å²) in [5.41, 5.74) is 6.68. The minimum atomic E-state index is -0.777. The van der Waals surface area contributed by atoms with Crippen molar-refractivity contribution in [2.45, 2.75) is 13.5 Å². The first kappa shape index (κ1) is 18.6. The molecule has 128 valence electrons. The van der Waals surface area contributed by atoms with E-state index in [-0.39, 0.29) is 5.57 Å². The summed E-state index contributed by atoms with van der Waals surface area (Å²) in [5, 5.41) is 8.98. The van der Waals surface area contributed by atoms with E-state index in [0.717, 1.165) is 5.56 Å². The summed E-state index contributed by atoms with van der Waals surface area (Å²) in [6.07, 6.45) is 1.41. The van der Waals surface area contributed by atoms with Crippen LogP contribution >= 0.6 is 15.9 Å². The summed E-state index contributed by atoms with van der Waals surface area (Å²) in [6, 6.07) is 15.0. The Hall–Kier alpha value is -2.78. The molecule has 25 heavy (non-hydrogen) atoms. The predicted octanol–water partition coefficient (Wildman–Crippen LogP) is 3.82. The molecule has 0 aliphatic carbocycles. The smallest absolute Gasteiger partial charge is 0.259 e. The topological polar surface area (TPSA) is 85.3 Å². The van der Waals surface area contributed by atoms with Gasteiger partial charge in [-0.3, -0.25) is 4.79 Å². The number of nitrogens with two attached hydrogens (primary N) is 1. The molecule has 0 radical (unpaired) electrons. The Kier molecular flexibility index (Phi) is 6.61. The summed E-state index contributed by atoms with van der Waals surface area (Å²) in [6.45, 7) is 2.70. The van der Waals surface area contributed by atoms with Crippen molar-refractivity contribution in [3.63, 3.8) is 0 Å². The molecule has 0 saturated carbocycles. The lowest BCUT2D eigenvalue weighted by molar-refractivity contribution is -0.114. The summed E-state index contributed by atoms with van der Waals surface area (Å²) in [7, 11) is 0. The molecule has 2 rings (SSSR count).